The molecule has 0 unspecified atom stereocenters. The Balaban J connectivity index is 2.16. The van der Waals surface area contributed by atoms with Gasteiger partial charge in [0.1, 0.15) is 0 Å². The summed E-state index contributed by atoms with van der Waals surface area (Å²) in [4.78, 5) is 0. The Morgan fingerprint density at radius 3 is 2.06 bits per heavy atom. The highest BCUT2D eigenvalue weighted by atomic mass is 79.9. The number of rotatable bonds is 3. The van der Waals surface area contributed by atoms with Crippen LogP contribution in [0.4, 0.5) is 0 Å². The van der Waals surface area contributed by atoms with Crippen LogP contribution in [0.15, 0.2) is 42.5 Å². The van der Waals surface area contributed by atoms with E-state index in [0.717, 1.165) is 16.5 Å². The van der Waals surface area contributed by atoms with Crippen LogP contribution < -0.4 is 0 Å². The van der Waals surface area contributed by atoms with Crippen LogP contribution in [-0.2, 0) is 5.33 Å². The summed E-state index contributed by atoms with van der Waals surface area (Å²) in [6.45, 7) is 0. The van der Waals surface area contributed by atoms with E-state index >= 15 is 0 Å². The zero-order chi connectivity index (χ0) is 13.0. The summed E-state index contributed by atoms with van der Waals surface area (Å²) in [7, 11) is 0. The number of halogens is 3. The van der Waals surface area contributed by atoms with E-state index in [4.69, 9.17) is 23.2 Å². The summed E-state index contributed by atoms with van der Waals surface area (Å²) < 4.78 is 0. The zero-order valence-corrected chi connectivity index (χ0v) is 12.6. The van der Waals surface area contributed by atoms with Gasteiger partial charge in [0, 0.05) is 5.33 Å². The first-order valence-electron chi connectivity index (χ1n) is 5.47. The predicted octanol–water partition coefficient (Wildman–Crippen LogP) is 6.06. The Hall–Kier alpha value is -0.760. The maximum Gasteiger partial charge on any atom is 0.0598 e. The van der Waals surface area contributed by atoms with Crippen molar-refractivity contribution < 1.29 is 0 Å². The summed E-state index contributed by atoms with van der Waals surface area (Å²) >= 11 is 15.3. The fraction of sp³-hybridized carbons (Fsp3) is 0.0667. The second kappa shape index (κ2) is 6.42. The van der Waals surface area contributed by atoms with E-state index in [-0.39, 0.29) is 0 Å². The van der Waals surface area contributed by atoms with Gasteiger partial charge in [0.15, 0.2) is 0 Å². The van der Waals surface area contributed by atoms with Crippen molar-refractivity contribution in [1.29, 1.82) is 0 Å². The lowest BCUT2D eigenvalue weighted by Gasteiger charge is -1.99. The van der Waals surface area contributed by atoms with Gasteiger partial charge in [-0.25, -0.2) is 0 Å². The van der Waals surface area contributed by atoms with Crippen molar-refractivity contribution in [3.05, 3.63) is 69.2 Å². The molecule has 0 saturated heterocycles. The van der Waals surface area contributed by atoms with Crippen molar-refractivity contribution in [2.24, 2.45) is 0 Å². The van der Waals surface area contributed by atoms with Crippen LogP contribution in [0, 0.1) is 0 Å². The normalized spacial score (nSPS) is 11.1. The Morgan fingerprint density at radius 2 is 1.44 bits per heavy atom. The molecule has 0 aromatic heterocycles. The third kappa shape index (κ3) is 3.61. The van der Waals surface area contributed by atoms with Crippen LogP contribution in [-0.4, -0.2) is 0 Å². The summed E-state index contributed by atoms with van der Waals surface area (Å²) in [5.41, 5.74) is 3.46. The number of benzene rings is 2. The monoisotopic (exact) mass is 340 g/mol. The zero-order valence-electron chi connectivity index (χ0n) is 9.54. The molecule has 0 heterocycles. The van der Waals surface area contributed by atoms with Crippen LogP contribution in [0.5, 0.6) is 0 Å². The fourth-order valence-electron chi connectivity index (χ4n) is 1.53. The molecule has 3 heteroatoms. The molecule has 2 aromatic carbocycles. The van der Waals surface area contributed by atoms with Crippen molar-refractivity contribution in [3.8, 4) is 0 Å². The molecule has 2 aromatic rings. The van der Waals surface area contributed by atoms with Crippen LogP contribution in [0.25, 0.3) is 12.2 Å². The first-order chi connectivity index (χ1) is 8.69. The minimum absolute atomic E-state index is 0.577. The molecule has 92 valence electrons. The second-order valence-corrected chi connectivity index (χ2v) is 5.26. The highest BCUT2D eigenvalue weighted by Crippen LogP contribution is 2.23. The van der Waals surface area contributed by atoms with E-state index in [9.17, 15) is 0 Å². The maximum atomic E-state index is 5.96. The van der Waals surface area contributed by atoms with Crippen LogP contribution in [0.2, 0.25) is 10.0 Å². The molecule has 0 bridgehead atoms. The minimum Gasteiger partial charge on any atom is -0.0876 e. The molecule has 0 N–H and O–H groups in total. The predicted molar refractivity (Wildman–Crippen MR) is 84.5 cm³/mol. The molecule has 0 aliphatic heterocycles. The van der Waals surface area contributed by atoms with Gasteiger partial charge < -0.3 is 0 Å². The van der Waals surface area contributed by atoms with E-state index < -0.39 is 0 Å². The maximum absolute atomic E-state index is 5.96. The topological polar surface area (TPSA) is 0 Å². The van der Waals surface area contributed by atoms with Crippen molar-refractivity contribution in [2.75, 3.05) is 0 Å². The minimum atomic E-state index is 0.577. The van der Waals surface area contributed by atoms with Gasteiger partial charge in [-0.05, 0) is 28.8 Å². The smallest absolute Gasteiger partial charge is 0.0598 e. The lowest BCUT2D eigenvalue weighted by Crippen LogP contribution is -1.78. The molecule has 0 atom stereocenters. The summed E-state index contributed by atoms with van der Waals surface area (Å²) in [5.74, 6) is 0. The van der Waals surface area contributed by atoms with Gasteiger partial charge >= 0.3 is 0 Å². The third-order valence-corrected chi connectivity index (χ3v) is 3.93. The summed E-state index contributed by atoms with van der Waals surface area (Å²) in [6.07, 6.45) is 4.07. The molecule has 0 saturated carbocycles. The molecule has 0 nitrogen and oxygen atoms in total. The first kappa shape index (κ1) is 13.7. The van der Waals surface area contributed by atoms with E-state index in [0.29, 0.717) is 10.0 Å². The lowest BCUT2D eigenvalue weighted by atomic mass is 10.1. The molecule has 18 heavy (non-hydrogen) atoms. The van der Waals surface area contributed by atoms with Crippen LogP contribution >= 0.6 is 39.1 Å². The molecule has 0 radical (unpaired) electrons. The van der Waals surface area contributed by atoms with Crippen LogP contribution in [0.3, 0.4) is 0 Å². The van der Waals surface area contributed by atoms with Gasteiger partial charge in [0.25, 0.3) is 0 Å². The molecular formula is C15H11BrCl2. The second-order valence-electron chi connectivity index (χ2n) is 3.88. The number of alkyl halides is 1. The van der Waals surface area contributed by atoms with E-state index in [1.54, 1.807) is 6.07 Å². The third-order valence-electron chi connectivity index (χ3n) is 2.55. The highest BCUT2D eigenvalue weighted by Gasteiger charge is 1.96. The highest BCUT2D eigenvalue weighted by molar-refractivity contribution is 9.08. The van der Waals surface area contributed by atoms with E-state index in [1.165, 1.54) is 5.56 Å². The van der Waals surface area contributed by atoms with Crippen molar-refractivity contribution >= 4 is 51.3 Å². The van der Waals surface area contributed by atoms with Crippen molar-refractivity contribution in [3.63, 3.8) is 0 Å². The molecule has 0 fully saturated rings. The fourth-order valence-corrected chi connectivity index (χ4v) is 2.21. The van der Waals surface area contributed by atoms with Gasteiger partial charge in [-0.1, -0.05) is 81.6 Å². The molecule has 2 rings (SSSR count). The Morgan fingerprint density at radius 1 is 0.833 bits per heavy atom. The lowest BCUT2D eigenvalue weighted by molar-refractivity contribution is 1.43. The summed E-state index contributed by atoms with van der Waals surface area (Å²) in [6, 6.07) is 14.0. The molecule has 0 aliphatic rings. The van der Waals surface area contributed by atoms with Gasteiger partial charge in [-0.15, -0.1) is 0 Å². The van der Waals surface area contributed by atoms with Crippen molar-refractivity contribution in [2.45, 2.75) is 5.33 Å². The molecule has 0 amide bonds. The Bertz CT molecular complexity index is 559. The van der Waals surface area contributed by atoms with E-state index in [1.807, 2.05) is 18.2 Å². The Kier molecular flexibility index (Phi) is 4.87. The largest absolute Gasteiger partial charge is 0.0876 e. The molecule has 0 aliphatic carbocycles. The number of hydrogen-bond donors (Lipinski definition) is 0. The average Bonchev–Trinajstić information content (AvgIpc) is 2.41. The average molecular weight is 342 g/mol. The van der Waals surface area contributed by atoms with Gasteiger partial charge in [-0.2, -0.15) is 0 Å². The number of hydrogen-bond acceptors (Lipinski definition) is 0. The quantitative estimate of drug-likeness (QED) is 0.470. The Labute approximate surface area is 125 Å². The van der Waals surface area contributed by atoms with Gasteiger partial charge in [0.05, 0.1) is 10.0 Å². The van der Waals surface area contributed by atoms with Gasteiger partial charge in [0.2, 0.25) is 0 Å². The van der Waals surface area contributed by atoms with Gasteiger partial charge in [-0.3, -0.25) is 0 Å². The standard InChI is InChI=1S/C15H11BrCl2/c16-10-13-5-2-11(3-6-13)1-4-12-7-8-14(17)15(18)9-12/h1-9H,10H2. The first-order valence-corrected chi connectivity index (χ1v) is 7.35. The van der Waals surface area contributed by atoms with Crippen LogP contribution in [0.1, 0.15) is 16.7 Å². The van der Waals surface area contributed by atoms with Crippen molar-refractivity contribution in [1.82, 2.24) is 0 Å². The summed E-state index contributed by atoms with van der Waals surface area (Å²) in [5, 5.41) is 2.04. The molecule has 0 spiro atoms. The SMILES string of the molecule is Clc1ccc(C=Cc2ccc(CBr)cc2)cc1Cl. The van der Waals surface area contributed by atoms with E-state index in [2.05, 4.69) is 46.3 Å². The molecular weight excluding hydrogens is 331 g/mol.